The highest BCUT2D eigenvalue weighted by molar-refractivity contribution is 7.99. The zero-order valence-electron chi connectivity index (χ0n) is 11.9. The number of nitrogens with one attached hydrogen (secondary N) is 1. The predicted octanol–water partition coefficient (Wildman–Crippen LogP) is 2.96. The fourth-order valence-corrected chi connectivity index (χ4v) is 3.60. The van der Waals surface area contributed by atoms with Gasteiger partial charge in [-0.3, -0.25) is 9.36 Å². The van der Waals surface area contributed by atoms with E-state index in [-0.39, 0.29) is 5.91 Å². The van der Waals surface area contributed by atoms with E-state index in [1.807, 2.05) is 18.4 Å². The Morgan fingerprint density at radius 2 is 2.38 bits per heavy atom. The summed E-state index contributed by atoms with van der Waals surface area (Å²) in [7, 11) is 0. The van der Waals surface area contributed by atoms with E-state index >= 15 is 0 Å². The van der Waals surface area contributed by atoms with Crippen molar-refractivity contribution >= 4 is 29.0 Å². The molecule has 1 fully saturated rings. The number of carbonyl (C=O) groups excluding carboxylic acids is 1. The first kappa shape index (κ1) is 14.6. The van der Waals surface area contributed by atoms with Crippen molar-refractivity contribution in [2.75, 3.05) is 12.3 Å². The highest BCUT2D eigenvalue weighted by Gasteiger charge is 2.30. The molecule has 2 aromatic rings. The fraction of sp³-hybridized carbons (Fsp3) is 0.500. The molecule has 3 rings (SSSR count). The average Bonchev–Trinajstić information content (AvgIpc) is 3.03. The maximum atomic E-state index is 11.7. The van der Waals surface area contributed by atoms with Gasteiger partial charge in [0.1, 0.15) is 0 Å². The van der Waals surface area contributed by atoms with Crippen LogP contribution >= 0.6 is 23.1 Å². The highest BCUT2D eigenvalue weighted by Crippen LogP contribution is 2.41. The van der Waals surface area contributed by atoms with E-state index in [0.29, 0.717) is 11.8 Å². The number of thiophene rings is 1. The van der Waals surface area contributed by atoms with Crippen molar-refractivity contribution in [1.29, 1.82) is 0 Å². The average molecular weight is 322 g/mol. The van der Waals surface area contributed by atoms with E-state index in [9.17, 15) is 4.79 Å². The van der Waals surface area contributed by atoms with Crippen LogP contribution in [0.3, 0.4) is 0 Å². The summed E-state index contributed by atoms with van der Waals surface area (Å²) in [6.07, 6.45) is 3.30. The van der Waals surface area contributed by atoms with Gasteiger partial charge in [0.25, 0.3) is 0 Å². The third kappa shape index (κ3) is 3.47. The van der Waals surface area contributed by atoms with Crippen LogP contribution in [0.5, 0.6) is 0 Å². The summed E-state index contributed by atoms with van der Waals surface area (Å²) in [4.78, 5) is 12.9. The quantitative estimate of drug-likeness (QED) is 0.796. The molecule has 0 radical (unpaired) electrons. The number of hydrogen-bond donors (Lipinski definition) is 1. The number of carbonyl (C=O) groups is 1. The van der Waals surface area contributed by atoms with Crippen molar-refractivity contribution in [3.05, 3.63) is 17.5 Å². The van der Waals surface area contributed by atoms with Crippen LogP contribution in [0.4, 0.5) is 0 Å². The van der Waals surface area contributed by atoms with Gasteiger partial charge in [0.2, 0.25) is 5.91 Å². The Kier molecular flexibility index (Phi) is 4.60. The molecule has 2 heterocycles. The molecule has 2 aromatic heterocycles. The Hall–Kier alpha value is -1.34. The van der Waals surface area contributed by atoms with E-state index in [1.165, 1.54) is 24.6 Å². The molecule has 0 aromatic carbocycles. The minimum Gasteiger partial charge on any atom is -0.355 e. The van der Waals surface area contributed by atoms with Gasteiger partial charge in [-0.05, 0) is 30.7 Å². The van der Waals surface area contributed by atoms with Crippen LogP contribution in [0.2, 0.25) is 0 Å². The summed E-state index contributed by atoms with van der Waals surface area (Å²) in [5.41, 5.74) is 0. The van der Waals surface area contributed by atoms with Gasteiger partial charge in [0.15, 0.2) is 11.0 Å². The minimum atomic E-state index is 0.0601. The molecule has 1 N–H and O–H groups in total. The first-order valence-corrected chi connectivity index (χ1v) is 9.04. The van der Waals surface area contributed by atoms with Gasteiger partial charge in [-0.25, -0.2) is 0 Å². The fourth-order valence-electron chi connectivity index (χ4n) is 2.06. The molecule has 21 heavy (non-hydrogen) atoms. The molecule has 0 atom stereocenters. The van der Waals surface area contributed by atoms with Gasteiger partial charge < -0.3 is 5.32 Å². The van der Waals surface area contributed by atoms with E-state index < -0.39 is 0 Å². The molecule has 1 aliphatic carbocycles. The lowest BCUT2D eigenvalue weighted by Gasteiger charge is -2.07. The Morgan fingerprint density at radius 3 is 3.05 bits per heavy atom. The van der Waals surface area contributed by atoms with Gasteiger partial charge >= 0.3 is 0 Å². The largest absolute Gasteiger partial charge is 0.355 e. The second kappa shape index (κ2) is 6.62. The van der Waals surface area contributed by atoms with Gasteiger partial charge in [-0.2, -0.15) is 0 Å². The second-order valence-electron chi connectivity index (χ2n) is 5.02. The molecule has 0 aliphatic heterocycles. The van der Waals surface area contributed by atoms with Gasteiger partial charge in [-0.1, -0.05) is 24.8 Å². The monoisotopic (exact) mass is 322 g/mol. The molecule has 0 unspecified atom stereocenters. The van der Waals surface area contributed by atoms with Crippen molar-refractivity contribution in [1.82, 2.24) is 20.1 Å². The zero-order chi connectivity index (χ0) is 14.7. The van der Waals surface area contributed by atoms with Gasteiger partial charge in [0.05, 0.1) is 10.6 Å². The lowest BCUT2D eigenvalue weighted by molar-refractivity contribution is -0.118. The van der Waals surface area contributed by atoms with Crippen LogP contribution in [0.15, 0.2) is 22.7 Å². The van der Waals surface area contributed by atoms with Crippen LogP contribution < -0.4 is 5.32 Å². The standard InChI is InChI=1S/C14H18N4OS2/c1-2-7-15-12(19)9-21-14-17-16-13(11-4-3-8-20-11)18(14)10-5-6-10/h3-4,8,10H,2,5-7,9H2,1H3,(H,15,19). The Balaban J connectivity index is 1.72. The van der Waals surface area contributed by atoms with Crippen molar-refractivity contribution in [3.63, 3.8) is 0 Å². The smallest absolute Gasteiger partial charge is 0.230 e. The molecule has 1 saturated carbocycles. The van der Waals surface area contributed by atoms with E-state index in [0.717, 1.165) is 28.8 Å². The van der Waals surface area contributed by atoms with E-state index in [2.05, 4.69) is 26.1 Å². The van der Waals surface area contributed by atoms with E-state index in [4.69, 9.17) is 0 Å². The Morgan fingerprint density at radius 1 is 1.52 bits per heavy atom. The molecule has 1 aliphatic rings. The molecular weight excluding hydrogens is 304 g/mol. The normalized spacial score (nSPS) is 14.3. The molecule has 112 valence electrons. The summed E-state index contributed by atoms with van der Waals surface area (Å²) in [5, 5.41) is 14.4. The number of amides is 1. The summed E-state index contributed by atoms with van der Waals surface area (Å²) in [5.74, 6) is 1.39. The number of rotatable bonds is 7. The molecule has 0 bridgehead atoms. The number of thioether (sulfide) groups is 1. The third-order valence-corrected chi connectivity index (χ3v) is 5.03. The van der Waals surface area contributed by atoms with Crippen LogP contribution in [0, 0.1) is 0 Å². The van der Waals surface area contributed by atoms with Crippen molar-refractivity contribution in [2.45, 2.75) is 37.4 Å². The molecule has 1 amide bonds. The van der Waals surface area contributed by atoms with Crippen LogP contribution in [-0.4, -0.2) is 33.0 Å². The van der Waals surface area contributed by atoms with Crippen LogP contribution in [0.1, 0.15) is 32.2 Å². The molecule has 0 saturated heterocycles. The number of aromatic nitrogens is 3. The van der Waals surface area contributed by atoms with Crippen molar-refractivity contribution in [2.24, 2.45) is 0 Å². The summed E-state index contributed by atoms with van der Waals surface area (Å²) >= 11 is 3.15. The highest BCUT2D eigenvalue weighted by atomic mass is 32.2. The first-order valence-electron chi connectivity index (χ1n) is 7.18. The SMILES string of the molecule is CCCNC(=O)CSc1nnc(-c2cccs2)n1C1CC1. The predicted molar refractivity (Wildman–Crippen MR) is 85.6 cm³/mol. The third-order valence-electron chi connectivity index (χ3n) is 3.22. The lowest BCUT2D eigenvalue weighted by atomic mass is 10.4. The van der Waals surface area contributed by atoms with Crippen molar-refractivity contribution in [3.8, 4) is 10.7 Å². The van der Waals surface area contributed by atoms with Gasteiger partial charge in [0, 0.05) is 12.6 Å². The second-order valence-corrected chi connectivity index (χ2v) is 6.91. The maximum Gasteiger partial charge on any atom is 0.230 e. The zero-order valence-corrected chi connectivity index (χ0v) is 13.5. The minimum absolute atomic E-state index is 0.0601. The lowest BCUT2D eigenvalue weighted by Crippen LogP contribution is -2.25. The summed E-state index contributed by atoms with van der Waals surface area (Å²) in [6, 6.07) is 4.59. The molecule has 5 nitrogen and oxygen atoms in total. The Labute approximate surface area is 132 Å². The van der Waals surface area contributed by atoms with Crippen molar-refractivity contribution < 1.29 is 4.79 Å². The Bertz CT molecular complexity index is 605. The maximum absolute atomic E-state index is 11.7. The summed E-state index contributed by atoms with van der Waals surface area (Å²) in [6.45, 7) is 2.78. The molecule has 7 heteroatoms. The van der Waals surface area contributed by atoms with Crippen LogP contribution in [0.25, 0.3) is 10.7 Å². The summed E-state index contributed by atoms with van der Waals surface area (Å²) < 4.78 is 2.20. The van der Waals surface area contributed by atoms with Gasteiger partial charge in [-0.15, -0.1) is 21.5 Å². The first-order chi connectivity index (χ1) is 10.3. The molecule has 0 spiro atoms. The van der Waals surface area contributed by atoms with E-state index in [1.54, 1.807) is 11.3 Å². The number of nitrogens with zero attached hydrogens (tertiary/aromatic N) is 3. The molecular formula is C14H18N4OS2. The van der Waals surface area contributed by atoms with Crippen LogP contribution in [-0.2, 0) is 4.79 Å². The topological polar surface area (TPSA) is 59.8 Å². The number of hydrogen-bond acceptors (Lipinski definition) is 5.